The third-order valence-electron chi connectivity index (χ3n) is 5.90. The van der Waals surface area contributed by atoms with Gasteiger partial charge in [0.1, 0.15) is 5.82 Å². The lowest BCUT2D eigenvalue weighted by Crippen LogP contribution is -2.43. The number of anilines is 1. The highest BCUT2D eigenvalue weighted by Crippen LogP contribution is 2.36. The fourth-order valence-electron chi connectivity index (χ4n) is 4.30. The fourth-order valence-corrected chi connectivity index (χ4v) is 4.30. The molecule has 0 amide bonds. The van der Waals surface area contributed by atoms with E-state index in [0.29, 0.717) is 19.8 Å². The van der Waals surface area contributed by atoms with Crippen molar-refractivity contribution >= 4 is 11.6 Å². The Balaban J connectivity index is 1.64. The van der Waals surface area contributed by atoms with Crippen LogP contribution in [0.3, 0.4) is 0 Å². The molecule has 4 rings (SSSR count). The highest BCUT2D eigenvalue weighted by Gasteiger charge is 2.35. The quantitative estimate of drug-likeness (QED) is 0.645. The van der Waals surface area contributed by atoms with E-state index in [9.17, 15) is 4.39 Å². The normalized spacial score (nSPS) is 18.8. The number of halogens is 1. The summed E-state index contributed by atoms with van der Waals surface area (Å²) in [5.41, 5.74) is 3.44. The van der Waals surface area contributed by atoms with Gasteiger partial charge in [-0.3, -0.25) is 4.99 Å². The summed E-state index contributed by atoms with van der Waals surface area (Å²) in [6.45, 7) is 5.84. The minimum Gasteiger partial charge on any atom is -0.381 e. The average molecular weight is 381 g/mol. The molecule has 4 nitrogen and oxygen atoms in total. The Bertz CT molecular complexity index is 845. The van der Waals surface area contributed by atoms with Crippen molar-refractivity contribution in [1.29, 1.82) is 0 Å². The van der Waals surface area contributed by atoms with E-state index in [1.807, 2.05) is 6.07 Å². The molecule has 0 bridgehead atoms. The Kier molecular flexibility index (Phi) is 5.62. The zero-order chi connectivity index (χ0) is 19.4. The number of benzene rings is 2. The Hall–Kier alpha value is -2.40. The summed E-state index contributed by atoms with van der Waals surface area (Å²) < 4.78 is 19.5. The summed E-state index contributed by atoms with van der Waals surface area (Å²) in [5, 5.41) is 3.46. The van der Waals surface area contributed by atoms with Gasteiger partial charge >= 0.3 is 0 Å². The van der Waals surface area contributed by atoms with Gasteiger partial charge in [0.15, 0.2) is 5.96 Å². The molecule has 1 N–H and O–H groups in total. The Morgan fingerprint density at radius 3 is 2.79 bits per heavy atom. The van der Waals surface area contributed by atoms with E-state index >= 15 is 0 Å². The maximum absolute atomic E-state index is 13.9. The molecule has 0 unspecified atom stereocenters. The van der Waals surface area contributed by atoms with Crippen LogP contribution >= 0.6 is 0 Å². The van der Waals surface area contributed by atoms with Crippen molar-refractivity contribution in [2.75, 3.05) is 37.7 Å². The van der Waals surface area contributed by atoms with Crippen molar-refractivity contribution < 1.29 is 9.13 Å². The van der Waals surface area contributed by atoms with Gasteiger partial charge in [0.25, 0.3) is 0 Å². The number of rotatable bonds is 4. The van der Waals surface area contributed by atoms with Crippen LogP contribution < -0.4 is 10.2 Å². The Morgan fingerprint density at radius 2 is 2.00 bits per heavy atom. The lowest BCUT2D eigenvalue weighted by molar-refractivity contribution is 0.0530. The molecule has 0 saturated carbocycles. The van der Waals surface area contributed by atoms with Crippen molar-refractivity contribution in [3.63, 3.8) is 0 Å². The average Bonchev–Trinajstić information content (AvgIpc) is 3.16. The first-order chi connectivity index (χ1) is 13.7. The van der Waals surface area contributed by atoms with Crippen molar-refractivity contribution in [2.24, 2.45) is 4.99 Å². The second-order valence-corrected chi connectivity index (χ2v) is 7.60. The molecule has 0 spiro atoms. The molecule has 28 heavy (non-hydrogen) atoms. The molecule has 5 heteroatoms. The van der Waals surface area contributed by atoms with Crippen LogP contribution in [-0.4, -0.2) is 38.8 Å². The molecule has 2 aromatic rings. The molecule has 0 radical (unpaired) electrons. The summed E-state index contributed by atoms with van der Waals surface area (Å²) in [7, 11) is 0. The van der Waals surface area contributed by atoms with Gasteiger partial charge in [0.2, 0.25) is 0 Å². The monoisotopic (exact) mass is 381 g/mol. The molecule has 0 aromatic heterocycles. The number of guanidine groups is 1. The number of para-hydroxylation sites is 1. The molecular formula is C23H28FN3O. The van der Waals surface area contributed by atoms with Crippen LogP contribution in [0.15, 0.2) is 53.5 Å². The van der Waals surface area contributed by atoms with Crippen molar-refractivity contribution in [3.05, 3.63) is 65.5 Å². The first-order valence-electron chi connectivity index (χ1n) is 10.2. The smallest absolute Gasteiger partial charge is 0.198 e. The first-order valence-corrected chi connectivity index (χ1v) is 10.2. The number of ether oxygens (including phenoxy) is 1. The summed E-state index contributed by atoms with van der Waals surface area (Å²) >= 11 is 0. The molecule has 148 valence electrons. The molecule has 1 fully saturated rings. The van der Waals surface area contributed by atoms with Gasteiger partial charge in [-0.15, -0.1) is 0 Å². The predicted octanol–water partition coefficient (Wildman–Crippen LogP) is 3.90. The molecule has 1 saturated heterocycles. The van der Waals surface area contributed by atoms with E-state index < -0.39 is 0 Å². The van der Waals surface area contributed by atoms with Crippen LogP contribution in [0.25, 0.3) is 0 Å². The number of hydrogen-bond donors (Lipinski definition) is 1. The van der Waals surface area contributed by atoms with E-state index in [-0.39, 0.29) is 11.2 Å². The summed E-state index contributed by atoms with van der Waals surface area (Å²) in [5.74, 6) is 0.724. The van der Waals surface area contributed by atoms with Gasteiger partial charge in [0.05, 0.1) is 6.54 Å². The van der Waals surface area contributed by atoms with Crippen LogP contribution in [0, 0.1) is 5.82 Å². The maximum atomic E-state index is 13.9. The highest BCUT2D eigenvalue weighted by atomic mass is 19.1. The Morgan fingerprint density at radius 1 is 1.18 bits per heavy atom. The summed E-state index contributed by atoms with van der Waals surface area (Å²) in [4.78, 5) is 7.32. The molecule has 0 atom stereocenters. The molecular weight excluding hydrogens is 353 g/mol. The number of hydrogen-bond acceptors (Lipinski definition) is 2. The van der Waals surface area contributed by atoms with E-state index in [0.717, 1.165) is 43.9 Å². The van der Waals surface area contributed by atoms with Crippen molar-refractivity contribution in [2.45, 2.75) is 31.6 Å². The van der Waals surface area contributed by atoms with Gasteiger partial charge in [-0.2, -0.15) is 0 Å². The number of nitrogens with one attached hydrogen (secondary N) is 1. The Labute approximate surface area is 166 Å². The SMILES string of the molecule is CCNC(=NCC1(c2cccc(F)c2)CCOCC1)N1CCc2ccccc21. The van der Waals surface area contributed by atoms with E-state index in [4.69, 9.17) is 9.73 Å². The lowest BCUT2D eigenvalue weighted by atomic mass is 9.74. The van der Waals surface area contributed by atoms with Gasteiger partial charge in [-0.05, 0) is 55.5 Å². The fraction of sp³-hybridized carbons (Fsp3) is 0.435. The van der Waals surface area contributed by atoms with Crippen LogP contribution in [0.4, 0.5) is 10.1 Å². The molecule has 2 heterocycles. The van der Waals surface area contributed by atoms with Crippen LogP contribution in [0.2, 0.25) is 0 Å². The minimum absolute atomic E-state index is 0.180. The third-order valence-corrected chi connectivity index (χ3v) is 5.90. The third kappa shape index (κ3) is 3.76. The zero-order valence-electron chi connectivity index (χ0n) is 16.5. The molecule has 2 aliphatic rings. The van der Waals surface area contributed by atoms with Crippen molar-refractivity contribution in [3.8, 4) is 0 Å². The maximum Gasteiger partial charge on any atom is 0.198 e. The number of aliphatic imine (C=N–C) groups is 1. The van der Waals surface area contributed by atoms with Gasteiger partial charge in [-0.1, -0.05) is 30.3 Å². The summed E-state index contributed by atoms with van der Waals surface area (Å²) in [6.07, 6.45) is 2.75. The second-order valence-electron chi connectivity index (χ2n) is 7.60. The molecule has 2 aliphatic heterocycles. The minimum atomic E-state index is -0.187. The molecule has 0 aliphatic carbocycles. The van der Waals surface area contributed by atoms with Crippen molar-refractivity contribution in [1.82, 2.24) is 5.32 Å². The van der Waals surface area contributed by atoms with Gasteiger partial charge in [0, 0.05) is 37.4 Å². The number of fused-ring (bicyclic) bond motifs is 1. The van der Waals surface area contributed by atoms with Crippen LogP contribution in [0.1, 0.15) is 30.9 Å². The lowest BCUT2D eigenvalue weighted by Gasteiger charge is -2.37. The predicted molar refractivity (Wildman–Crippen MR) is 112 cm³/mol. The van der Waals surface area contributed by atoms with E-state index in [1.165, 1.54) is 17.3 Å². The summed E-state index contributed by atoms with van der Waals surface area (Å²) in [6, 6.07) is 15.5. The van der Waals surface area contributed by atoms with E-state index in [2.05, 4.69) is 41.4 Å². The van der Waals surface area contributed by atoms with Gasteiger partial charge in [-0.25, -0.2) is 4.39 Å². The van der Waals surface area contributed by atoms with E-state index in [1.54, 1.807) is 12.1 Å². The number of nitrogens with zero attached hydrogens (tertiary/aromatic N) is 2. The standard InChI is InChI=1S/C23H28FN3O/c1-2-25-22(27-13-10-18-6-3-4-9-21(18)27)26-17-23(11-14-28-15-12-23)19-7-5-8-20(24)16-19/h3-9,16H,2,10-15,17H2,1H3,(H,25,26). The topological polar surface area (TPSA) is 36.9 Å². The zero-order valence-corrected chi connectivity index (χ0v) is 16.5. The second kappa shape index (κ2) is 8.31. The molecule has 2 aromatic carbocycles. The highest BCUT2D eigenvalue weighted by molar-refractivity contribution is 5.98. The van der Waals surface area contributed by atoms with Crippen LogP contribution in [-0.2, 0) is 16.6 Å². The van der Waals surface area contributed by atoms with Gasteiger partial charge < -0.3 is 15.0 Å². The largest absolute Gasteiger partial charge is 0.381 e. The first kappa shape index (κ1) is 18.9. The van der Waals surface area contributed by atoms with Crippen LogP contribution in [0.5, 0.6) is 0 Å².